The van der Waals surface area contributed by atoms with Crippen LogP contribution in [0.4, 0.5) is 15.8 Å². The number of halogens is 1. The van der Waals surface area contributed by atoms with Crippen molar-refractivity contribution < 1.29 is 22.3 Å². The number of hydrogen-bond donors (Lipinski definition) is 3. The zero-order valence-corrected chi connectivity index (χ0v) is 22.1. The molecule has 37 heavy (non-hydrogen) atoms. The molecule has 4 rings (SSSR count). The number of nitrogens with zero attached hydrogens (tertiary/aromatic N) is 1. The maximum absolute atomic E-state index is 14.8. The van der Waals surface area contributed by atoms with Crippen molar-refractivity contribution in [3.63, 3.8) is 0 Å². The molecule has 1 fully saturated rings. The summed E-state index contributed by atoms with van der Waals surface area (Å²) in [4.78, 5) is -0.0878. The van der Waals surface area contributed by atoms with Gasteiger partial charge in [-0.3, -0.25) is 0 Å². The maximum atomic E-state index is 14.8. The normalized spacial score (nSPS) is 14.7. The third-order valence-corrected chi connectivity index (χ3v) is 7.08. The topological polar surface area (TPSA) is 108 Å². The van der Waals surface area contributed by atoms with Crippen LogP contribution in [0.2, 0.25) is 0 Å². The predicted octanol–water partition coefficient (Wildman–Crippen LogP) is 4.10. The molecule has 0 spiro atoms. The van der Waals surface area contributed by atoms with Gasteiger partial charge in [-0.25, -0.2) is 17.9 Å². The lowest BCUT2D eigenvalue weighted by Crippen LogP contribution is -2.27. The Morgan fingerprint density at radius 1 is 1.22 bits per heavy atom. The van der Waals surface area contributed by atoms with E-state index < -0.39 is 15.7 Å². The Morgan fingerprint density at radius 3 is 2.65 bits per heavy atom. The fourth-order valence-corrected chi connectivity index (χ4v) is 5.10. The Bertz CT molecular complexity index is 1430. The molecule has 4 N–H and O–H groups in total. The molecule has 0 bridgehead atoms. The van der Waals surface area contributed by atoms with Crippen LogP contribution >= 0.6 is 0 Å². The van der Waals surface area contributed by atoms with Crippen LogP contribution in [0.5, 0.6) is 5.75 Å². The van der Waals surface area contributed by atoms with Gasteiger partial charge in [-0.15, -0.1) is 0 Å². The van der Waals surface area contributed by atoms with E-state index in [-0.39, 0.29) is 23.7 Å². The molecule has 0 amide bonds. The van der Waals surface area contributed by atoms with E-state index >= 15 is 0 Å². The van der Waals surface area contributed by atoms with E-state index in [4.69, 9.17) is 14.6 Å². The molecule has 3 aromatic rings. The Balaban J connectivity index is 1.59. The Morgan fingerprint density at radius 2 is 1.97 bits per heavy atom. The monoisotopic (exact) mass is 528 g/mol. The van der Waals surface area contributed by atoms with E-state index in [1.165, 1.54) is 13.2 Å². The first-order valence-corrected chi connectivity index (χ1v) is 13.7. The molecule has 0 atom stereocenters. The molecule has 2 aromatic carbocycles. The molecule has 0 radical (unpaired) electrons. The van der Waals surface area contributed by atoms with Crippen molar-refractivity contribution in [3.8, 4) is 17.6 Å². The summed E-state index contributed by atoms with van der Waals surface area (Å²) in [6.45, 7) is 5.04. The summed E-state index contributed by atoms with van der Waals surface area (Å²) in [7, 11) is -2.52. The fourth-order valence-electron chi connectivity index (χ4n) is 4.42. The Hall–Kier alpha value is -3.26. The SMILES string of the molecule is COc1cc(NCC#Cc2cc3c(NC4CCOCC4)cccc3n2CC(C)(C)F)ccc1S(N)(=O)=O. The van der Waals surface area contributed by atoms with Crippen LogP contribution in [0.15, 0.2) is 47.4 Å². The van der Waals surface area contributed by atoms with Crippen LogP contribution in [0, 0.1) is 11.8 Å². The third kappa shape index (κ3) is 6.74. The van der Waals surface area contributed by atoms with E-state index in [9.17, 15) is 12.8 Å². The van der Waals surface area contributed by atoms with Gasteiger partial charge in [0.15, 0.2) is 0 Å². The summed E-state index contributed by atoms with van der Waals surface area (Å²) >= 11 is 0. The molecule has 8 nitrogen and oxygen atoms in total. The number of benzene rings is 2. The van der Waals surface area contributed by atoms with E-state index in [1.54, 1.807) is 26.0 Å². The molecule has 0 saturated carbocycles. The minimum absolute atomic E-state index is 0.0878. The van der Waals surface area contributed by atoms with Gasteiger partial charge in [-0.1, -0.05) is 12.0 Å². The molecule has 2 heterocycles. The van der Waals surface area contributed by atoms with Crippen molar-refractivity contribution in [1.29, 1.82) is 0 Å². The van der Waals surface area contributed by atoms with Gasteiger partial charge in [0, 0.05) is 42.1 Å². The minimum atomic E-state index is -3.89. The largest absolute Gasteiger partial charge is 0.495 e. The minimum Gasteiger partial charge on any atom is -0.495 e. The number of aromatic nitrogens is 1. The highest BCUT2D eigenvalue weighted by molar-refractivity contribution is 7.89. The van der Waals surface area contributed by atoms with Crippen molar-refractivity contribution in [1.82, 2.24) is 4.57 Å². The molecule has 1 aliphatic rings. The van der Waals surface area contributed by atoms with Crippen LogP contribution in [-0.4, -0.2) is 51.6 Å². The average Bonchev–Trinajstić information content (AvgIpc) is 3.18. The molecular formula is C27H33FN4O4S. The van der Waals surface area contributed by atoms with E-state index in [2.05, 4.69) is 22.5 Å². The lowest BCUT2D eigenvalue weighted by Gasteiger charge is -2.24. The molecule has 198 valence electrons. The van der Waals surface area contributed by atoms with Gasteiger partial charge in [0.2, 0.25) is 10.0 Å². The standard InChI is InChI=1S/C27H33FN4O4S/c1-27(2,28)18-32-21(6-5-13-30-20-9-10-26(37(29,33)34)25(16-20)35-3)17-22-23(7-4-8-24(22)32)31-19-11-14-36-15-12-19/h4,7-10,16-17,19,30-31H,11-15,18H2,1-3H3,(H2,29,33,34). The summed E-state index contributed by atoms with van der Waals surface area (Å²) in [5, 5.41) is 13.0. The molecule has 1 saturated heterocycles. The number of primary sulfonamides is 1. The zero-order chi connectivity index (χ0) is 26.6. The summed E-state index contributed by atoms with van der Waals surface area (Å²) in [5.74, 6) is 6.42. The molecular weight excluding hydrogens is 495 g/mol. The first kappa shape index (κ1) is 26.8. The van der Waals surface area contributed by atoms with Crippen molar-refractivity contribution >= 4 is 32.3 Å². The number of fused-ring (bicyclic) bond motifs is 1. The highest BCUT2D eigenvalue weighted by Gasteiger charge is 2.21. The highest BCUT2D eigenvalue weighted by Crippen LogP contribution is 2.30. The summed E-state index contributed by atoms with van der Waals surface area (Å²) in [6, 6.07) is 12.9. The molecule has 0 aliphatic carbocycles. The van der Waals surface area contributed by atoms with Crippen molar-refractivity contribution in [2.24, 2.45) is 5.14 Å². The number of nitrogens with one attached hydrogen (secondary N) is 2. The van der Waals surface area contributed by atoms with Crippen LogP contribution in [-0.2, 0) is 21.3 Å². The number of alkyl halides is 1. The number of ether oxygens (including phenoxy) is 2. The quantitative estimate of drug-likeness (QED) is 0.380. The third-order valence-electron chi connectivity index (χ3n) is 6.13. The van der Waals surface area contributed by atoms with Crippen molar-refractivity contribution in [2.45, 2.75) is 49.8 Å². The second-order valence-electron chi connectivity index (χ2n) is 9.67. The first-order valence-electron chi connectivity index (χ1n) is 12.1. The lowest BCUT2D eigenvalue weighted by molar-refractivity contribution is 0.0905. The average molecular weight is 529 g/mol. The second kappa shape index (κ2) is 11.0. The van der Waals surface area contributed by atoms with Crippen molar-refractivity contribution in [3.05, 3.63) is 48.2 Å². The lowest BCUT2D eigenvalue weighted by atomic mass is 10.1. The Kier molecular flexibility index (Phi) is 7.97. The van der Waals surface area contributed by atoms with Gasteiger partial charge in [0.05, 0.1) is 31.4 Å². The smallest absolute Gasteiger partial charge is 0.241 e. The molecule has 0 unspecified atom stereocenters. The van der Waals surface area contributed by atoms with E-state index in [0.29, 0.717) is 17.4 Å². The number of rotatable bonds is 8. The van der Waals surface area contributed by atoms with Gasteiger partial charge in [0.25, 0.3) is 0 Å². The summed E-state index contributed by atoms with van der Waals surface area (Å²) < 4.78 is 50.7. The Labute approximate surface area is 217 Å². The van der Waals surface area contributed by atoms with E-state index in [1.807, 2.05) is 28.8 Å². The second-order valence-corrected chi connectivity index (χ2v) is 11.2. The maximum Gasteiger partial charge on any atom is 0.241 e. The first-order chi connectivity index (χ1) is 17.5. The summed E-state index contributed by atoms with van der Waals surface area (Å²) in [5.41, 5.74) is 1.84. The van der Waals surface area contributed by atoms with Gasteiger partial charge in [-0.05, 0) is 62.9 Å². The van der Waals surface area contributed by atoms with Crippen LogP contribution in [0.1, 0.15) is 32.4 Å². The van der Waals surface area contributed by atoms with Crippen LogP contribution in [0.3, 0.4) is 0 Å². The zero-order valence-electron chi connectivity index (χ0n) is 21.3. The fraction of sp³-hybridized carbons (Fsp3) is 0.407. The number of nitrogens with two attached hydrogens (primary N) is 1. The van der Waals surface area contributed by atoms with Gasteiger partial charge in [0.1, 0.15) is 16.3 Å². The van der Waals surface area contributed by atoms with Gasteiger partial charge >= 0.3 is 0 Å². The van der Waals surface area contributed by atoms with Crippen molar-refractivity contribution in [2.75, 3.05) is 37.5 Å². The number of methoxy groups -OCH3 is 1. The number of sulfonamides is 1. The predicted molar refractivity (Wildman–Crippen MR) is 144 cm³/mol. The van der Waals surface area contributed by atoms with Crippen LogP contribution in [0.25, 0.3) is 10.9 Å². The number of hydrogen-bond acceptors (Lipinski definition) is 6. The van der Waals surface area contributed by atoms with Gasteiger partial charge < -0.3 is 24.7 Å². The van der Waals surface area contributed by atoms with Gasteiger partial charge in [-0.2, -0.15) is 0 Å². The molecule has 1 aliphatic heterocycles. The molecule has 1 aromatic heterocycles. The molecule has 10 heteroatoms. The van der Waals surface area contributed by atoms with E-state index in [0.717, 1.165) is 42.6 Å². The van der Waals surface area contributed by atoms with Crippen LogP contribution < -0.4 is 20.5 Å². The highest BCUT2D eigenvalue weighted by atomic mass is 32.2. The number of anilines is 2. The summed E-state index contributed by atoms with van der Waals surface area (Å²) in [6.07, 6.45) is 1.88.